The summed E-state index contributed by atoms with van der Waals surface area (Å²) in [5.41, 5.74) is 5.36. The Morgan fingerprint density at radius 3 is 2.50 bits per heavy atom. The Morgan fingerprint density at radius 1 is 1.50 bits per heavy atom. The second kappa shape index (κ2) is 7.13. The first kappa shape index (κ1) is 14.8. The number of likely N-dealkylation sites (N-methyl/N-ethyl adjacent to an activating group) is 1. The summed E-state index contributed by atoms with van der Waals surface area (Å²) in [6, 6.07) is -0.925. The molecule has 92 valence electrons. The number of carbonyl (C=O) groups is 2. The van der Waals surface area contributed by atoms with Crippen LogP contribution in [0.25, 0.3) is 0 Å². The molecule has 4 N–H and O–H groups in total. The average Bonchev–Trinajstić information content (AvgIpc) is 2.24. The van der Waals surface area contributed by atoms with Crippen LogP contribution in [0.15, 0.2) is 0 Å². The van der Waals surface area contributed by atoms with Gasteiger partial charge in [0.1, 0.15) is 0 Å². The van der Waals surface area contributed by atoms with Gasteiger partial charge in [-0.3, -0.25) is 15.0 Å². The molecule has 0 aliphatic heterocycles. The monoisotopic (exact) mass is 246 g/mol. The van der Waals surface area contributed by atoms with Gasteiger partial charge in [-0.25, -0.2) is 4.79 Å². The Bertz CT molecular complexity index is 283. The van der Waals surface area contributed by atoms with E-state index in [4.69, 9.17) is 18.0 Å². The Kier molecular flexibility index (Phi) is 6.59. The average molecular weight is 246 g/mol. The van der Waals surface area contributed by atoms with Crippen LogP contribution in [0.2, 0.25) is 0 Å². The molecule has 0 aliphatic carbocycles. The molecule has 3 amide bonds. The van der Waals surface area contributed by atoms with Crippen molar-refractivity contribution in [3.8, 4) is 0 Å². The molecule has 1 atom stereocenters. The maximum Gasteiger partial charge on any atom is 0.321 e. The van der Waals surface area contributed by atoms with E-state index in [1.807, 2.05) is 0 Å². The van der Waals surface area contributed by atoms with E-state index >= 15 is 0 Å². The number of rotatable bonds is 5. The van der Waals surface area contributed by atoms with E-state index in [0.29, 0.717) is 18.0 Å². The third-order valence-electron chi connectivity index (χ3n) is 2.22. The molecule has 16 heavy (non-hydrogen) atoms. The topological polar surface area (TPSA) is 87.5 Å². The molecule has 0 heterocycles. The van der Waals surface area contributed by atoms with E-state index in [2.05, 4.69) is 10.6 Å². The summed E-state index contributed by atoms with van der Waals surface area (Å²) in [5, 5.41) is 4.51. The first-order valence-electron chi connectivity index (χ1n) is 4.89. The van der Waals surface area contributed by atoms with Crippen molar-refractivity contribution in [1.82, 2.24) is 15.5 Å². The smallest absolute Gasteiger partial charge is 0.321 e. The lowest BCUT2D eigenvalue weighted by atomic mass is 10.2. The lowest BCUT2D eigenvalue weighted by Crippen LogP contribution is -2.48. The van der Waals surface area contributed by atoms with E-state index in [-0.39, 0.29) is 5.91 Å². The van der Waals surface area contributed by atoms with Gasteiger partial charge in [-0.2, -0.15) is 0 Å². The zero-order valence-electron chi connectivity index (χ0n) is 9.74. The summed E-state index contributed by atoms with van der Waals surface area (Å²) in [6.45, 7) is 2.29. The van der Waals surface area contributed by atoms with Crippen LogP contribution in [-0.4, -0.2) is 48.5 Å². The normalized spacial score (nSPS) is 12.0. The Balaban J connectivity index is 4.10. The third-order valence-corrected chi connectivity index (χ3v) is 2.42. The maximum absolute atomic E-state index is 11.5. The summed E-state index contributed by atoms with van der Waals surface area (Å²) in [7, 11) is 3.22. The number of hydrogen-bond acceptors (Lipinski definition) is 4. The predicted molar refractivity (Wildman–Crippen MR) is 66.1 cm³/mol. The van der Waals surface area contributed by atoms with E-state index in [0.717, 1.165) is 0 Å². The molecule has 0 aromatic carbocycles. The van der Waals surface area contributed by atoms with Crippen molar-refractivity contribution in [1.29, 1.82) is 0 Å². The highest BCUT2D eigenvalue weighted by Gasteiger charge is 2.19. The first-order chi connectivity index (χ1) is 7.38. The van der Waals surface area contributed by atoms with Gasteiger partial charge < -0.3 is 11.1 Å². The summed E-state index contributed by atoms with van der Waals surface area (Å²) >= 11 is 4.74. The van der Waals surface area contributed by atoms with Crippen LogP contribution < -0.4 is 16.4 Å². The van der Waals surface area contributed by atoms with Gasteiger partial charge in [0.2, 0.25) is 5.91 Å². The van der Waals surface area contributed by atoms with Gasteiger partial charge in [0.25, 0.3) is 0 Å². The zero-order chi connectivity index (χ0) is 12.7. The number of imide groups is 1. The number of nitrogens with two attached hydrogens (primary N) is 1. The van der Waals surface area contributed by atoms with E-state index in [1.165, 1.54) is 7.05 Å². The van der Waals surface area contributed by atoms with Crippen LogP contribution in [-0.2, 0) is 4.79 Å². The van der Waals surface area contributed by atoms with Gasteiger partial charge >= 0.3 is 6.03 Å². The van der Waals surface area contributed by atoms with Crippen LogP contribution >= 0.6 is 12.2 Å². The molecule has 0 spiro atoms. The number of nitrogens with zero attached hydrogens (tertiary/aromatic N) is 1. The van der Waals surface area contributed by atoms with Crippen molar-refractivity contribution in [3.63, 3.8) is 0 Å². The fraction of sp³-hybridized carbons (Fsp3) is 0.667. The molecule has 6 nitrogen and oxygen atoms in total. The second-order valence-electron chi connectivity index (χ2n) is 3.44. The van der Waals surface area contributed by atoms with Crippen molar-refractivity contribution in [2.75, 3.05) is 20.6 Å². The molecule has 7 heteroatoms. The summed E-state index contributed by atoms with van der Waals surface area (Å²) in [6.07, 6.45) is 0.545. The molecule has 0 fully saturated rings. The van der Waals surface area contributed by atoms with Crippen molar-refractivity contribution in [3.05, 3.63) is 0 Å². The Morgan fingerprint density at radius 2 is 2.06 bits per heavy atom. The highest BCUT2D eigenvalue weighted by Crippen LogP contribution is 1.97. The number of carbonyl (C=O) groups excluding carboxylic acids is 2. The summed E-state index contributed by atoms with van der Waals surface area (Å²) in [4.78, 5) is 24.6. The van der Waals surface area contributed by atoms with E-state index in [1.54, 1.807) is 18.9 Å². The molecule has 0 rings (SSSR count). The maximum atomic E-state index is 11.5. The lowest BCUT2D eigenvalue weighted by Gasteiger charge is -2.23. The number of thiocarbonyl (C=S) groups is 1. The van der Waals surface area contributed by atoms with Crippen molar-refractivity contribution >= 4 is 29.1 Å². The van der Waals surface area contributed by atoms with Crippen LogP contribution in [0.3, 0.4) is 0 Å². The molecular formula is C9H18N4O2S. The Hall–Kier alpha value is -1.21. The lowest BCUT2D eigenvalue weighted by molar-refractivity contribution is -0.124. The molecule has 0 aromatic heterocycles. The zero-order valence-corrected chi connectivity index (χ0v) is 10.6. The molecule has 0 radical (unpaired) electrons. The van der Waals surface area contributed by atoms with Crippen molar-refractivity contribution < 1.29 is 9.59 Å². The highest BCUT2D eigenvalue weighted by molar-refractivity contribution is 7.80. The molecular weight excluding hydrogens is 228 g/mol. The largest absolute Gasteiger partial charge is 0.393 e. The minimum Gasteiger partial charge on any atom is -0.393 e. The number of hydrogen-bond donors (Lipinski definition) is 3. The molecule has 1 unspecified atom stereocenters. The van der Waals surface area contributed by atoms with Gasteiger partial charge in [-0.05, 0) is 14.0 Å². The van der Waals surface area contributed by atoms with Crippen LogP contribution in [0.4, 0.5) is 4.79 Å². The molecule has 0 aromatic rings. The SMILES string of the molecule is CNC(=O)NC(=O)C(C)N(C)CCC(N)=S. The number of nitrogens with one attached hydrogen (secondary N) is 2. The quantitative estimate of drug-likeness (QED) is 0.566. The van der Waals surface area contributed by atoms with Crippen molar-refractivity contribution in [2.45, 2.75) is 19.4 Å². The second-order valence-corrected chi connectivity index (χ2v) is 3.97. The molecule has 0 aliphatic rings. The van der Waals surface area contributed by atoms with E-state index in [9.17, 15) is 9.59 Å². The highest BCUT2D eigenvalue weighted by atomic mass is 32.1. The van der Waals surface area contributed by atoms with Gasteiger partial charge in [0.05, 0.1) is 11.0 Å². The fourth-order valence-electron chi connectivity index (χ4n) is 0.959. The van der Waals surface area contributed by atoms with Gasteiger partial charge in [0, 0.05) is 20.0 Å². The number of urea groups is 1. The van der Waals surface area contributed by atoms with Crippen LogP contribution in [0, 0.1) is 0 Å². The molecule has 0 saturated carbocycles. The molecule has 0 bridgehead atoms. The number of amides is 3. The van der Waals surface area contributed by atoms with E-state index < -0.39 is 12.1 Å². The minimum atomic E-state index is -0.514. The van der Waals surface area contributed by atoms with Gasteiger partial charge in [-0.1, -0.05) is 12.2 Å². The third kappa shape index (κ3) is 5.62. The van der Waals surface area contributed by atoms with Crippen molar-refractivity contribution in [2.24, 2.45) is 5.73 Å². The van der Waals surface area contributed by atoms with Crippen LogP contribution in [0.1, 0.15) is 13.3 Å². The Labute approximate surface area is 101 Å². The standard InChI is InChI=1S/C9H18N4O2S/c1-6(8(14)12-9(15)11-2)13(3)5-4-7(10)16/h6H,4-5H2,1-3H3,(H2,10,16)(H2,11,12,14,15). The minimum absolute atomic E-state index is 0.357. The summed E-state index contributed by atoms with van der Waals surface area (Å²) in [5.74, 6) is -0.357. The fourth-order valence-corrected chi connectivity index (χ4v) is 1.05. The molecule has 0 saturated heterocycles. The van der Waals surface area contributed by atoms with Gasteiger partial charge in [-0.15, -0.1) is 0 Å². The van der Waals surface area contributed by atoms with Gasteiger partial charge in [0.15, 0.2) is 0 Å². The van der Waals surface area contributed by atoms with Crippen LogP contribution in [0.5, 0.6) is 0 Å². The summed E-state index contributed by atoms with van der Waals surface area (Å²) < 4.78 is 0. The predicted octanol–water partition coefficient (Wildman–Crippen LogP) is -0.561. The first-order valence-corrected chi connectivity index (χ1v) is 5.30.